The van der Waals surface area contributed by atoms with Gasteiger partial charge in [0.1, 0.15) is 13.2 Å². The van der Waals surface area contributed by atoms with Gasteiger partial charge in [-0.25, -0.2) is 4.79 Å². The minimum absolute atomic E-state index is 0.113. The molecule has 2 N–H and O–H groups in total. The van der Waals surface area contributed by atoms with Crippen LogP contribution in [0.5, 0.6) is 0 Å². The third kappa shape index (κ3) is 4.56. The predicted octanol–water partition coefficient (Wildman–Crippen LogP) is 1.84. The molecular weight excluding hydrogens is 270 g/mol. The lowest BCUT2D eigenvalue weighted by Gasteiger charge is -2.20. The number of carbonyl (C=O) groups is 2. The number of hydrogen-bond donors (Lipinski definition) is 2. The molecule has 1 atom stereocenters. The lowest BCUT2D eigenvalue weighted by molar-refractivity contribution is -0.143. The molecule has 21 heavy (non-hydrogen) atoms. The molecule has 0 aromatic heterocycles. The molecule has 5 nitrogen and oxygen atoms in total. The number of carboxylic acids is 1. The van der Waals surface area contributed by atoms with Gasteiger partial charge in [-0.05, 0) is 49.3 Å². The Balaban J connectivity index is 1.89. The maximum absolute atomic E-state index is 11.7. The molecule has 0 saturated heterocycles. The van der Waals surface area contributed by atoms with Crippen molar-refractivity contribution in [2.45, 2.75) is 38.6 Å². The van der Waals surface area contributed by atoms with Crippen molar-refractivity contribution in [3.05, 3.63) is 34.9 Å². The molecule has 0 saturated carbocycles. The maximum Gasteiger partial charge on any atom is 0.329 e. The average Bonchev–Trinajstić information content (AvgIpc) is 2.46. The third-order valence-electron chi connectivity index (χ3n) is 3.71. The number of carbonyl (C=O) groups excluding carboxylic acids is 1. The van der Waals surface area contributed by atoms with Crippen LogP contribution in [0, 0.1) is 0 Å². The van der Waals surface area contributed by atoms with Crippen molar-refractivity contribution in [2.24, 2.45) is 0 Å². The third-order valence-corrected chi connectivity index (χ3v) is 3.71. The van der Waals surface area contributed by atoms with Gasteiger partial charge < -0.3 is 15.2 Å². The lowest BCUT2D eigenvalue weighted by Crippen LogP contribution is -2.31. The molecule has 0 fully saturated rings. The fourth-order valence-electron chi connectivity index (χ4n) is 2.62. The molecule has 1 aromatic rings. The van der Waals surface area contributed by atoms with Crippen LogP contribution in [0.2, 0.25) is 0 Å². The number of aryl methyl sites for hydroxylation is 2. The van der Waals surface area contributed by atoms with E-state index in [0.717, 1.165) is 18.4 Å². The summed E-state index contributed by atoms with van der Waals surface area (Å²) < 4.78 is 4.77. The summed E-state index contributed by atoms with van der Waals surface area (Å²) in [6.07, 6.45) is 4.71. The fraction of sp³-hybridized carbons (Fsp3) is 0.500. The van der Waals surface area contributed by atoms with Crippen molar-refractivity contribution in [1.29, 1.82) is 0 Å². The lowest BCUT2D eigenvalue weighted by atomic mass is 9.89. The van der Waals surface area contributed by atoms with E-state index < -0.39 is 12.6 Å². The van der Waals surface area contributed by atoms with E-state index in [1.54, 1.807) is 0 Å². The second-order valence-electron chi connectivity index (χ2n) is 5.41. The zero-order valence-corrected chi connectivity index (χ0v) is 12.2. The Labute approximate surface area is 124 Å². The fourth-order valence-corrected chi connectivity index (χ4v) is 2.62. The molecule has 0 spiro atoms. The summed E-state index contributed by atoms with van der Waals surface area (Å²) in [6.45, 7) is 1.22. The van der Waals surface area contributed by atoms with Crippen molar-refractivity contribution < 1.29 is 19.4 Å². The van der Waals surface area contributed by atoms with E-state index in [1.165, 1.54) is 24.0 Å². The molecule has 0 aliphatic heterocycles. The van der Waals surface area contributed by atoms with Gasteiger partial charge in [0, 0.05) is 0 Å². The average molecular weight is 291 g/mol. The van der Waals surface area contributed by atoms with Crippen molar-refractivity contribution >= 4 is 11.9 Å². The van der Waals surface area contributed by atoms with Gasteiger partial charge in [-0.15, -0.1) is 0 Å². The maximum atomic E-state index is 11.7. The van der Waals surface area contributed by atoms with Gasteiger partial charge >= 0.3 is 5.97 Å². The molecule has 1 amide bonds. The van der Waals surface area contributed by atoms with Gasteiger partial charge in [0.05, 0.1) is 6.04 Å². The molecule has 0 radical (unpaired) electrons. The summed E-state index contributed by atoms with van der Waals surface area (Å²) in [6, 6.07) is 6.25. The first-order chi connectivity index (χ1) is 10.1. The molecule has 114 valence electrons. The van der Waals surface area contributed by atoms with Crippen LogP contribution in [0.25, 0.3) is 0 Å². The number of rotatable bonds is 6. The minimum Gasteiger partial charge on any atom is -0.480 e. The molecule has 1 aliphatic carbocycles. The van der Waals surface area contributed by atoms with Crippen LogP contribution in [0.15, 0.2) is 18.2 Å². The summed E-state index contributed by atoms with van der Waals surface area (Å²) in [5.41, 5.74) is 3.86. The van der Waals surface area contributed by atoms with Gasteiger partial charge in [0.15, 0.2) is 0 Å². The number of amides is 1. The number of hydrogen-bond acceptors (Lipinski definition) is 3. The Morgan fingerprint density at radius 1 is 1.24 bits per heavy atom. The summed E-state index contributed by atoms with van der Waals surface area (Å²) in [7, 11) is 0. The number of aliphatic carboxylic acids is 1. The quantitative estimate of drug-likeness (QED) is 0.838. The van der Waals surface area contributed by atoms with E-state index in [2.05, 4.69) is 17.4 Å². The van der Waals surface area contributed by atoms with Crippen LogP contribution in [0.4, 0.5) is 0 Å². The highest BCUT2D eigenvalue weighted by Gasteiger charge is 2.14. The van der Waals surface area contributed by atoms with E-state index in [9.17, 15) is 9.59 Å². The van der Waals surface area contributed by atoms with Gasteiger partial charge in [0.2, 0.25) is 5.91 Å². The predicted molar refractivity (Wildman–Crippen MR) is 78.1 cm³/mol. The van der Waals surface area contributed by atoms with Crippen LogP contribution >= 0.6 is 0 Å². The highest BCUT2D eigenvalue weighted by atomic mass is 16.5. The Bertz CT molecular complexity index is 527. The first kappa shape index (κ1) is 15.5. The van der Waals surface area contributed by atoms with Crippen molar-refractivity contribution in [1.82, 2.24) is 5.32 Å². The topological polar surface area (TPSA) is 75.6 Å². The van der Waals surface area contributed by atoms with E-state index in [1.807, 2.05) is 13.0 Å². The van der Waals surface area contributed by atoms with Crippen LogP contribution in [0.3, 0.4) is 0 Å². The molecule has 1 aromatic carbocycles. The first-order valence-corrected chi connectivity index (χ1v) is 7.27. The van der Waals surface area contributed by atoms with Crippen LogP contribution < -0.4 is 5.32 Å². The molecule has 1 aliphatic rings. The smallest absolute Gasteiger partial charge is 0.329 e. The molecular formula is C16H21NO4. The Morgan fingerprint density at radius 3 is 2.67 bits per heavy atom. The number of carboxylic acid groups (broad SMARTS) is 1. The highest BCUT2D eigenvalue weighted by Crippen LogP contribution is 2.24. The number of nitrogens with one attached hydrogen (secondary N) is 1. The number of ether oxygens (including phenoxy) is 1. The summed E-state index contributed by atoms with van der Waals surface area (Å²) in [5, 5.41) is 11.3. The van der Waals surface area contributed by atoms with E-state index >= 15 is 0 Å². The van der Waals surface area contributed by atoms with E-state index in [0.29, 0.717) is 0 Å². The van der Waals surface area contributed by atoms with Gasteiger partial charge in [-0.1, -0.05) is 18.2 Å². The van der Waals surface area contributed by atoms with Crippen LogP contribution in [-0.2, 0) is 27.2 Å². The summed E-state index contributed by atoms with van der Waals surface area (Å²) >= 11 is 0. The molecule has 0 bridgehead atoms. The molecule has 0 heterocycles. The standard InChI is InChI=1S/C16H21NO4/c1-11(17-15(18)9-21-10-16(19)20)13-7-6-12-4-2-3-5-14(12)8-13/h6-8,11H,2-5,9-10H2,1H3,(H,17,18)(H,19,20). The van der Waals surface area contributed by atoms with Crippen molar-refractivity contribution in [3.8, 4) is 0 Å². The normalized spacial score (nSPS) is 15.1. The largest absolute Gasteiger partial charge is 0.480 e. The summed E-state index contributed by atoms with van der Waals surface area (Å²) in [5.74, 6) is -1.38. The monoisotopic (exact) mass is 291 g/mol. The second kappa shape index (κ2) is 7.22. The van der Waals surface area contributed by atoms with E-state index in [-0.39, 0.29) is 18.6 Å². The molecule has 1 unspecified atom stereocenters. The second-order valence-corrected chi connectivity index (χ2v) is 5.41. The Kier molecular flexibility index (Phi) is 5.33. The molecule has 5 heteroatoms. The van der Waals surface area contributed by atoms with Crippen molar-refractivity contribution in [2.75, 3.05) is 13.2 Å². The van der Waals surface area contributed by atoms with Crippen LogP contribution in [-0.4, -0.2) is 30.2 Å². The van der Waals surface area contributed by atoms with Gasteiger partial charge in [-0.3, -0.25) is 4.79 Å². The SMILES string of the molecule is CC(NC(=O)COCC(=O)O)c1ccc2c(c1)CCCC2. The number of fused-ring (bicyclic) bond motifs is 1. The summed E-state index contributed by atoms with van der Waals surface area (Å²) in [4.78, 5) is 22.0. The van der Waals surface area contributed by atoms with Crippen LogP contribution in [0.1, 0.15) is 42.5 Å². The zero-order chi connectivity index (χ0) is 15.2. The Hall–Kier alpha value is -1.88. The van der Waals surface area contributed by atoms with Gasteiger partial charge in [-0.2, -0.15) is 0 Å². The van der Waals surface area contributed by atoms with Gasteiger partial charge in [0.25, 0.3) is 0 Å². The Morgan fingerprint density at radius 2 is 1.95 bits per heavy atom. The zero-order valence-electron chi connectivity index (χ0n) is 12.2. The molecule has 2 rings (SSSR count). The first-order valence-electron chi connectivity index (χ1n) is 7.27. The minimum atomic E-state index is -1.08. The van der Waals surface area contributed by atoms with Crippen molar-refractivity contribution in [3.63, 3.8) is 0 Å². The number of benzene rings is 1. The highest BCUT2D eigenvalue weighted by molar-refractivity contribution is 5.78. The van der Waals surface area contributed by atoms with E-state index in [4.69, 9.17) is 9.84 Å².